The van der Waals surface area contributed by atoms with E-state index in [9.17, 15) is 33.8 Å². The Kier molecular flexibility index (Phi) is 10.3. The molecule has 8 rings (SSSR count). The van der Waals surface area contributed by atoms with Crippen LogP contribution in [0.2, 0.25) is 0 Å². The zero-order valence-electron chi connectivity index (χ0n) is 30.3. The number of benzene rings is 4. The Bertz CT molecular complexity index is 2450. The van der Waals surface area contributed by atoms with Crippen LogP contribution in [0.15, 0.2) is 137 Å². The molecule has 13 nitrogen and oxygen atoms in total. The van der Waals surface area contributed by atoms with Crippen molar-refractivity contribution in [3.63, 3.8) is 0 Å². The minimum atomic E-state index is -1.46. The number of aliphatic carboxylic acids is 1. The quantitative estimate of drug-likeness (QED) is 0.0398. The Labute approximate surface area is 338 Å². The van der Waals surface area contributed by atoms with Crippen molar-refractivity contribution in [2.75, 3.05) is 18.0 Å². The molecule has 3 aliphatic rings. The Balaban J connectivity index is 1.16. The van der Waals surface area contributed by atoms with Crippen molar-refractivity contribution in [3.05, 3.63) is 165 Å². The standard InChI is InChI=1S/C42H33FN6O7S2/c43-29-20-23(16-17-31(29)50)32(27-18-19-45-36(27)51)28-21-57-39-34(38(53)49(39)35(28)40(54)55)47-37(52)33(30-22-58-41(44)46-30)48-56-42(24-10-4-1-5-11-24,25-12-6-2-7-13-25)26-14-8-3-9-15-26/h1-17,20,22,34,39,50H,18-19,21H2,(H2,44,46)(H,45,51)(H,47,52)(H,54,55)/t34-,39-/m1/s1. The van der Waals surface area contributed by atoms with Crippen LogP contribution in [0.1, 0.15) is 34.4 Å². The summed E-state index contributed by atoms with van der Waals surface area (Å²) in [5, 5.41) is 31.2. The van der Waals surface area contributed by atoms with Crippen molar-refractivity contribution in [2.45, 2.75) is 23.4 Å². The number of aromatic hydroxyl groups is 1. The molecule has 2 atom stereocenters. The van der Waals surface area contributed by atoms with E-state index in [4.69, 9.17) is 10.6 Å². The lowest BCUT2D eigenvalue weighted by atomic mass is 9.80. The predicted molar refractivity (Wildman–Crippen MR) is 216 cm³/mol. The van der Waals surface area contributed by atoms with E-state index in [-0.39, 0.29) is 57.5 Å². The van der Waals surface area contributed by atoms with Gasteiger partial charge in [0.15, 0.2) is 22.4 Å². The second-order valence-electron chi connectivity index (χ2n) is 13.4. The van der Waals surface area contributed by atoms with Crippen LogP contribution in [0, 0.1) is 5.82 Å². The molecule has 2 fully saturated rings. The number of thioether (sulfide) groups is 1. The second kappa shape index (κ2) is 15.6. The molecule has 3 aliphatic heterocycles. The Morgan fingerprint density at radius 1 is 0.966 bits per heavy atom. The Morgan fingerprint density at radius 2 is 1.59 bits per heavy atom. The monoisotopic (exact) mass is 816 g/mol. The molecule has 3 amide bonds. The highest BCUT2D eigenvalue weighted by Gasteiger charge is 2.55. The summed E-state index contributed by atoms with van der Waals surface area (Å²) >= 11 is 2.24. The van der Waals surface area contributed by atoms with E-state index >= 15 is 0 Å². The van der Waals surface area contributed by atoms with Crippen LogP contribution in [0.25, 0.3) is 5.57 Å². The van der Waals surface area contributed by atoms with Gasteiger partial charge in [0.05, 0.1) is 0 Å². The van der Waals surface area contributed by atoms with Gasteiger partial charge >= 0.3 is 5.97 Å². The number of amides is 3. The fourth-order valence-corrected chi connectivity index (χ4v) is 9.27. The van der Waals surface area contributed by atoms with E-state index in [1.54, 1.807) is 0 Å². The molecule has 292 valence electrons. The second-order valence-corrected chi connectivity index (χ2v) is 15.4. The van der Waals surface area contributed by atoms with Crippen molar-refractivity contribution in [1.82, 2.24) is 20.5 Å². The molecule has 0 saturated carbocycles. The smallest absolute Gasteiger partial charge is 0.352 e. The number of phenols is 1. The van der Waals surface area contributed by atoms with Gasteiger partial charge in [0.2, 0.25) is 11.5 Å². The molecule has 16 heteroatoms. The molecule has 5 aromatic rings. The molecule has 0 radical (unpaired) electrons. The number of nitrogens with two attached hydrogens (primary N) is 1. The number of hydrogen-bond donors (Lipinski definition) is 5. The third-order valence-corrected chi connectivity index (χ3v) is 12.0. The summed E-state index contributed by atoms with van der Waals surface area (Å²) in [7, 11) is 0. The summed E-state index contributed by atoms with van der Waals surface area (Å²) in [6.45, 7) is 0.280. The van der Waals surface area contributed by atoms with Gasteiger partial charge in [0.1, 0.15) is 22.8 Å². The van der Waals surface area contributed by atoms with Crippen molar-refractivity contribution < 1.29 is 38.6 Å². The molecular weight excluding hydrogens is 784 g/mol. The van der Waals surface area contributed by atoms with E-state index in [0.29, 0.717) is 16.7 Å². The summed E-state index contributed by atoms with van der Waals surface area (Å²) in [6.07, 6.45) is 0.221. The molecule has 1 aromatic heterocycles. The number of aromatic nitrogens is 1. The molecule has 0 bridgehead atoms. The molecule has 4 aromatic carbocycles. The molecule has 0 unspecified atom stereocenters. The number of nitrogen functional groups attached to an aromatic ring is 1. The predicted octanol–water partition coefficient (Wildman–Crippen LogP) is 5.00. The van der Waals surface area contributed by atoms with Crippen LogP contribution >= 0.6 is 23.1 Å². The maximum Gasteiger partial charge on any atom is 0.352 e. The SMILES string of the molecule is Nc1nc(C(=NOC(c2ccccc2)(c2ccccc2)c2ccccc2)C(=O)N[C@@H]2C(=O)N3C(C(=O)O)=C(C(=C4CCNC4=O)c4ccc(O)c(F)c4)CS[C@H]23)cs1. The highest BCUT2D eigenvalue weighted by atomic mass is 32.2. The average molecular weight is 817 g/mol. The zero-order chi connectivity index (χ0) is 40.6. The van der Waals surface area contributed by atoms with Crippen LogP contribution in [-0.4, -0.2) is 73.2 Å². The number of thiazole rings is 1. The summed E-state index contributed by atoms with van der Waals surface area (Å²) in [5.41, 5.74) is 6.83. The van der Waals surface area contributed by atoms with Gasteiger partial charge in [0.25, 0.3) is 11.8 Å². The summed E-state index contributed by atoms with van der Waals surface area (Å²) < 4.78 is 14.7. The van der Waals surface area contributed by atoms with E-state index < -0.39 is 58.0 Å². The Hall–Kier alpha value is -6.78. The number of phenolic OH excluding ortho intramolecular Hbond substituents is 1. The number of anilines is 1. The summed E-state index contributed by atoms with van der Waals surface area (Å²) in [5.74, 6) is -5.08. The largest absolute Gasteiger partial charge is 0.505 e. The summed E-state index contributed by atoms with van der Waals surface area (Å²) in [6, 6.07) is 30.4. The molecule has 0 aliphatic carbocycles. The number of fused-ring (bicyclic) bond motifs is 1. The number of carboxylic acids is 1. The minimum absolute atomic E-state index is 0.0164. The lowest BCUT2D eigenvalue weighted by Gasteiger charge is -2.49. The van der Waals surface area contributed by atoms with E-state index in [1.165, 1.54) is 11.4 Å². The Morgan fingerprint density at radius 3 is 2.10 bits per heavy atom. The van der Waals surface area contributed by atoms with Crippen LogP contribution in [0.3, 0.4) is 0 Å². The van der Waals surface area contributed by atoms with Crippen molar-refractivity contribution >= 4 is 63.2 Å². The number of nitrogens with one attached hydrogen (secondary N) is 2. The first-order valence-corrected chi connectivity index (χ1v) is 19.9. The molecular formula is C42H33FN6O7S2. The normalized spacial score (nSPS) is 18.9. The van der Waals surface area contributed by atoms with Gasteiger partial charge in [-0.2, -0.15) is 0 Å². The lowest BCUT2D eigenvalue weighted by Crippen LogP contribution is -2.71. The molecule has 4 heterocycles. The number of rotatable bonds is 11. The number of carboxylic acid groups (broad SMARTS) is 1. The molecule has 58 heavy (non-hydrogen) atoms. The van der Waals surface area contributed by atoms with E-state index in [2.05, 4.69) is 20.8 Å². The van der Waals surface area contributed by atoms with Crippen molar-refractivity contribution in [2.24, 2.45) is 5.16 Å². The average Bonchev–Trinajstić information content (AvgIpc) is 3.87. The van der Waals surface area contributed by atoms with Crippen LogP contribution < -0.4 is 16.4 Å². The zero-order valence-corrected chi connectivity index (χ0v) is 31.9. The minimum Gasteiger partial charge on any atom is -0.505 e. The van der Waals surface area contributed by atoms with Gasteiger partial charge < -0.3 is 31.4 Å². The van der Waals surface area contributed by atoms with Gasteiger partial charge in [-0.3, -0.25) is 19.3 Å². The fraction of sp³-hybridized carbons (Fsp3) is 0.143. The number of β-lactam (4-membered cyclic amide) rings is 1. The van der Waals surface area contributed by atoms with E-state index in [1.807, 2.05) is 91.0 Å². The fourth-order valence-electron chi connectivity index (χ4n) is 7.36. The van der Waals surface area contributed by atoms with Crippen molar-refractivity contribution in [1.29, 1.82) is 0 Å². The number of halogens is 1. The van der Waals surface area contributed by atoms with Gasteiger partial charge in [0, 0.05) is 45.5 Å². The van der Waals surface area contributed by atoms with Crippen LogP contribution in [0.4, 0.5) is 9.52 Å². The third-order valence-electron chi connectivity index (χ3n) is 10.0. The highest BCUT2D eigenvalue weighted by molar-refractivity contribution is 8.00. The number of carbonyl (C=O) groups excluding carboxylic acids is 3. The number of oxime groups is 1. The topological polar surface area (TPSA) is 197 Å². The van der Waals surface area contributed by atoms with E-state index in [0.717, 1.165) is 40.1 Å². The van der Waals surface area contributed by atoms with Crippen LogP contribution in [-0.2, 0) is 29.6 Å². The first-order chi connectivity index (χ1) is 28.1. The maximum absolute atomic E-state index is 14.7. The third kappa shape index (κ3) is 6.75. The number of hydrogen-bond acceptors (Lipinski definition) is 11. The number of carbonyl (C=O) groups is 4. The highest BCUT2D eigenvalue weighted by Crippen LogP contribution is 2.46. The number of nitrogens with zero attached hydrogens (tertiary/aromatic N) is 3. The molecule has 2 saturated heterocycles. The maximum atomic E-state index is 14.7. The van der Waals surface area contributed by atoms with Crippen molar-refractivity contribution in [3.8, 4) is 5.75 Å². The number of allylic oxidation sites excluding steroid dienone is 1. The summed E-state index contributed by atoms with van der Waals surface area (Å²) in [4.78, 5) is 66.2. The first-order valence-electron chi connectivity index (χ1n) is 17.9. The van der Waals surface area contributed by atoms with Gasteiger partial charge in [-0.25, -0.2) is 14.2 Å². The van der Waals surface area contributed by atoms with Gasteiger partial charge in [-0.05, 0) is 29.7 Å². The first kappa shape index (κ1) is 38.1. The van der Waals surface area contributed by atoms with Gasteiger partial charge in [-0.15, -0.1) is 23.1 Å². The van der Waals surface area contributed by atoms with Crippen LogP contribution in [0.5, 0.6) is 5.75 Å². The van der Waals surface area contributed by atoms with Gasteiger partial charge in [-0.1, -0.05) is 102 Å². The lowest BCUT2D eigenvalue weighted by molar-refractivity contribution is -0.150. The molecule has 6 N–H and O–H groups in total. The molecule has 0 spiro atoms.